The molecule has 0 N–H and O–H groups in total. The standard InChI is InChI=1S/C13H12F2OS/c1-9-7-11(13(15)8-12(9)14)5-3-4-6-17-10(2)16/h7-8H,4,6H2,1-2H3. The molecule has 0 aliphatic heterocycles. The highest BCUT2D eigenvalue weighted by Gasteiger charge is 2.04. The number of hydrogen-bond donors (Lipinski definition) is 0. The monoisotopic (exact) mass is 254 g/mol. The summed E-state index contributed by atoms with van der Waals surface area (Å²) < 4.78 is 26.2. The van der Waals surface area contributed by atoms with Crippen molar-refractivity contribution in [3.05, 3.63) is 34.9 Å². The molecule has 0 unspecified atom stereocenters. The maximum absolute atomic E-state index is 13.3. The van der Waals surface area contributed by atoms with Gasteiger partial charge in [0.15, 0.2) is 5.12 Å². The lowest BCUT2D eigenvalue weighted by molar-refractivity contribution is -0.109. The second kappa shape index (κ2) is 6.41. The van der Waals surface area contributed by atoms with Crippen LogP contribution in [0, 0.1) is 30.4 Å². The van der Waals surface area contributed by atoms with Crippen LogP contribution in [0.1, 0.15) is 24.5 Å². The first-order chi connectivity index (χ1) is 8.00. The maximum atomic E-state index is 13.3. The molecule has 0 saturated heterocycles. The van der Waals surface area contributed by atoms with Crippen molar-refractivity contribution in [2.45, 2.75) is 20.3 Å². The largest absolute Gasteiger partial charge is 0.288 e. The highest BCUT2D eigenvalue weighted by molar-refractivity contribution is 8.13. The van der Waals surface area contributed by atoms with Gasteiger partial charge >= 0.3 is 0 Å². The van der Waals surface area contributed by atoms with E-state index in [9.17, 15) is 13.6 Å². The first-order valence-electron chi connectivity index (χ1n) is 5.08. The molecule has 0 amide bonds. The van der Waals surface area contributed by atoms with Crippen molar-refractivity contribution in [2.24, 2.45) is 0 Å². The highest BCUT2D eigenvalue weighted by atomic mass is 32.2. The van der Waals surface area contributed by atoms with E-state index in [4.69, 9.17) is 0 Å². The number of aryl methyl sites for hydroxylation is 1. The second-order valence-corrected chi connectivity index (χ2v) is 4.74. The second-order valence-electron chi connectivity index (χ2n) is 3.47. The zero-order chi connectivity index (χ0) is 12.8. The molecule has 90 valence electrons. The van der Waals surface area contributed by atoms with Crippen LogP contribution in [-0.4, -0.2) is 10.9 Å². The van der Waals surface area contributed by atoms with Gasteiger partial charge in [-0.15, -0.1) is 0 Å². The molecule has 0 aromatic heterocycles. The fraction of sp³-hybridized carbons (Fsp3) is 0.308. The molecule has 0 atom stereocenters. The van der Waals surface area contributed by atoms with Gasteiger partial charge in [0.2, 0.25) is 0 Å². The number of benzene rings is 1. The summed E-state index contributed by atoms with van der Waals surface area (Å²) in [5.41, 5.74) is 0.561. The summed E-state index contributed by atoms with van der Waals surface area (Å²) in [5.74, 6) is 4.76. The van der Waals surface area contributed by atoms with Gasteiger partial charge in [0, 0.05) is 25.2 Å². The first kappa shape index (κ1) is 13.7. The molecule has 1 aromatic carbocycles. The third-order valence-electron chi connectivity index (χ3n) is 2.00. The van der Waals surface area contributed by atoms with E-state index >= 15 is 0 Å². The van der Waals surface area contributed by atoms with Gasteiger partial charge in [0.1, 0.15) is 11.6 Å². The average Bonchev–Trinajstić information content (AvgIpc) is 2.24. The number of thioether (sulfide) groups is 1. The molecule has 4 heteroatoms. The molecule has 0 heterocycles. The summed E-state index contributed by atoms with van der Waals surface area (Å²) in [4.78, 5) is 10.6. The quantitative estimate of drug-likeness (QED) is 0.595. The molecule has 0 radical (unpaired) electrons. The van der Waals surface area contributed by atoms with Crippen molar-refractivity contribution in [2.75, 3.05) is 5.75 Å². The molecule has 17 heavy (non-hydrogen) atoms. The lowest BCUT2D eigenvalue weighted by atomic mass is 10.1. The van der Waals surface area contributed by atoms with Gasteiger partial charge in [-0.3, -0.25) is 4.79 Å². The Morgan fingerprint density at radius 2 is 2.06 bits per heavy atom. The Labute approximate surface area is 104 Å². The molecule has 0 aliphatic rings. The fourth-order valence-corrected chi connectivity index (χ4v) is 1.65. The summed E-state index contributed by atoms with van der Waals surface area (Å²) in [6.45, 7) is 3.05. The van der Waals surface area contributed by atoms with E-state index in [-0.39, 0.29) is 10.7 Å². The van der Waals surface area contributed by atoms with Gasteiger partial charge in [-0.05, 0) is 18.6 Å². The van der Waals surface area contributed by atoms with Crippen molar-refractivity contribution < 1.29 is 13.6 Å². The van der Waals surface area contributed by atoms with Gasteiger partial charge in [0.25, 0.3) is 0 Å². The smallest absolute Gasteiger partial charge is 0.185 e. The Morgan fingerprint density at radius 3 is 2.71 bits per heavy atom. The van der Waals surface area contributed by atoms with Crippen molar-refractivity contribution in [1.82, 2.24) is 0 Å². The number of carbonyl (C=O) groups excluding carboxylic acids is 1. The fourth-order valence-electron chi connectivity index (χ4n) is 1.16. The number of carbonyl (C=O) groups is 1. The summed E-state index contributed by atoms with van der Waals surface area (Å²) in [6.07, 6.45) is 0.500. The van der Waals surface area contributed by atoms with E-state index in [0.717, 1.165) is 6.07 Å². The Bertz CT molecular complexity index is 486. The molecule has 0 fully saturated rings. The summed E-state index contributed by atoms with van der Waals surface area (Å²) >= 11 is 1.18. The number of rotatable bonds is 2. The van der Waals surface area contributed by atoms with Crippen molar-refractivity contribution in [3.8, 4) is 11.8 Å². The molecule has 0 bridgehead atoms. The number of halogens is 2. The lowest BCUT2D eigenvalue weighted by Crippen LogP contribution is -1.90. The molecule has 0 aliphatic carbocycles. The summed E-state index contributed by atoms with van der Waals surface area (Å²) in [5, 5.41) is 0.0376. The van der Waals surface area contributed by atoms with Gasteiger partial charge < -0.3 is 0 Å². The molecule has 1 aromatic rings. The van der Waals surface area contributed by atoms with Crippen LogP contribution in [0.25, 0.3) is 0 Å². The Balaban J connectivity index is 2.66. The minimum atomic E-state index is -0.653. The van der Waals surface area contributed by atoms with Crippen LogP contribution in [-0.2, 0) is 4.79 Å². The van der Waals surface area contributed by atoms with Crippen LogP contribution in [0.3, 0.4) is 0 Å². The Hall–Kier alpha value is -1.34. The predicted octanol–water partition coefficient (Wildman–Crippen LogP) is 3.29. The first-order valence-corrected chi connectivity index (χ1v) is 6.07. The van der Waals surface area contributed by atoms with E-state index < -0.39 is 11.6 Å². The van der Waals surface area contributed by atoms with Gasteiger partial charge in [-0.25, -0.2) is 8.78 Å². The topological polar surface area (TPSA) is 17.1 Å². The van der Waals surface area contributed by atoms with Crippen molar-refractivity contribution >= 4 is 16.9 Å². The van der Waals surface area contributed by atoms with Crippen LogP contribution < -0.4 is 0 Å². The molecular formula is C13H12F2OS. The van der Waals surface area contributed by atoms with E-state index in [1.165, 1.54) is 24.8 Å². The Morgan fingerprint density at radius 1 is 1.35 bits per heavy atom. The van der Waals surface area contributed by atoms with E-state index in [1.807, 2.05) is 0 Å². The summed E-state index contributed by atoms with van der Waals surface area (Å²) in [7, 11) is 0. The van der Waals surface area contributed by atoms with Crippen LogP contribution >= 0.6 is 11.8 Å². The SMILES string of the molecule is CC(=O)SCCC#Cc1cc(C)c(F)cc1F. The van der Waals surface area contributed by atoms with Crippen LogP contribution in [0.4, 0.5) is 8.78 Å². The van der Waals surface area contributed by atoms with Crippen LogP contribution in [0.2, 0.25) is 0 Å². The van der Waals surface area contributed by atoms with E-state index in [1.54, 1.807) is 6.92 Å². The number of hydrogen-bond acceptors (Lipinski definition) is 2. The predicted molar refractivity (Wildman–Crippen MR) is 65.7 cm³/mol. The normalized spacial score (nSPS) is 9.65. The van der Waals surface area contributed by atoms with Crippen LogP contribution in [0.5, 0.6) is 0 Å². The average molecular weight is 254 g/mol. The Kier molecular flexibility index (Phi) is 5.17. The van der Waals surface area contributed by atoms with Crippen molar-refractivity contribution in [1.29, 1.82) is 0 Å². The molecule has 0 saturated carbocycles. The van der Waals surface area contributed by atoms with Crippen LogP contribution in [0.15, 0.2) is 12.1 Å². The van der Waals surface area contributed by atoms with Gasteiger partial charge in [-0.1, -0.05) is 23.6 Å². The molecule has 1 nitrogen and oxygen atoms in total. The zero-order valence-corrected chi connectivity index (χ0v) is 10.5. The molecule has 0 spiro atoms. The lowest BCUT2D eigenvalue weighted by Gasteiger charge is -1.98. The summed E-state index contributed by atoms with van der Waals surface area (Å²) in [6, 6.07) is 2.22. The third kappa shape index (κ3) is 4.58. The molecular weight excluding hydrogens is 242 g/mol. The highest BCUT2D eigenvalue weighted by Crippen LogP contribution is 2.13. The van der Waals surface area contributed by atoms with E-state index in [0.29, 0.717) is 17.7 Å². The zero-order valence-electron chi connectivity index (χ0n) is 9.64. The van der Waals surface area contributed by atoms with Crippen molar-refractivity contribution in [3.63, 3.8) is 0 Å². The maximum Gasteiger partial charge on any atom is 0.185 e. The molecule has 1 rings (SSSR count). The van der Waals surface area contributed by atoms with Gasteiger partial charge in [0.05, 0.1) is 5.56 Å². The minimum absolute atomic E-state index is 0.0376. The van der Waals surface area contributed by atoms with Gasteiger partial charge in [-0.2, -0.15) is 0 Å². The third-order valence-corrected chi connectivity index (χ3v) is 2.82. The minimum Gasteiger partial charge on any atom is -0.288 e. The van der Waals surface area contributed by atoms with E-state index in [2.05, 4.69) is 11.8 Å².